The predicted molar refractivity (Wildman–Crippen MR) is 188 cm³/mol. The van der Waals surface area contributed by atoms with Crippen LogP contribution in [0.1, 0.15) is 81.2 Å². The van der Waals surface area contributed by atoms with Gasteiger partial charge in [0.25, 0.3) is 0 Å². The molecule has 0 radical (unpaired) electrons. The largest absolute Gasteiger partial charge is 0.507 e. The highest BCUT2D eigenvalue weighted by Crippen LogP contribution is 2.52. The Kier molecular flexibility index (Phi) is 11.9. The second kappa shape index (κ2) is 16.4. The van der Waals surface area contributed by atoms with Gasteiger partial charge in [-0.1, -0.05) is 12.1 Å². The molecule has 0 spiro atoms. The van der Waals surface area contributed by atoms with Crippen LogP contribution in [0, 0.1) is 0 Å². The fourth-order valence-electron chi connectivity index (χ4n) is 7.34. The van der Waals surface area contributed by atoms with E-state index in [2.05, 4.69) is 17.9 Å². The zero-order chi connectivity index (χ0) is 41.5. The molecule has 0 aromatic heterocycles. The van der Waals surface area contributed by atoms with Crippen molar-refractivity contribution in [2.75, 3.05) is 27.1 Å². The Hall–Kier alpha value is -5.16. The number of Topliss-reactive ketones (excluding diaryl/α,β-unsaturated/α-hetero) is 1. The first kappa shape index (κ1) is 41.5. The summed E-state index contributed by atoms with van der Waals surface area (Å²) in [6, 6.07) is 2.77. The van der Waals surface area contributed by atoms with Crippen LogP contribution in [0.25, 0.3) is 0 Å². The van der Waals surface area contributed by atoms with Crippen LogP contribution < -0.4 is 10.1 Å². The van der Waals surface area contributed by atoms with Crippen LogP contribution in [-0.2, 0) is 44.5 Å². The van der Waals surface area contributed by atoms with Crippen LogP contribution in [0.2, 0.25) is 0 Å². The number of fused-ring (bicyclic) bond motifs is 3. The van der Waals surface area contributed by atoms with Crippen molar-refractivity contribution in [3.8, 4) is 17.2 Å². The maximum atomic E-state index is 13.9. The summed E-state index contributed by atoms with van der Waals surface area (Å²) < 4.78 is 26.3. The number of aliphatic hydroxyl groups excluding tert-OH is 3. The van der Waals surface area contributed by atoms with Crippen molar-refractivity contribution in [1.82, 2.24) is 10.2 Å². The Balaban J connectivity index is 1.16. The lowest BCUT2D eigenvalue weighted by Gasteiger charge is -2.42. The molecule has 3 amide bonds. The number of ether oxygens (including phenoxy) is 5. The molecule has 2 aliphatic carbocycles. The molecule has 2 saturated heterocycles. The summed E-state index contributed by atoms with van der Waals surface area (Å²) in [4.78, 5) is 89.9. The van der Waals surface area contributed by atoms with Gasteiger partial charge < -0.3 is 59.6 Å². The topological polar surface area (TPSA) is 302 Å². The number of carbonyl (C=O) groups excluding carboxylic acids is 7. The van der Waals surface area contributed by atoms with Gasteiger partial charge in [0.2, 0.25) is 24.4 Å². The SMILES string of the molecule is COc1cccc2c1C(=O)c1c(O)c3c(c(O)c1C2=O)C[C@@](O)(C(=O)CO)C[C@@H]3O[C@H]1C[C@H](NC(=O)OCOC(=O)CCCN2C(=O)CC(S)C2=O)[C@H](O)[C@H](O)O1. The molecule has 306 valence electrons. The van der Waals surface area contributed by atoms with E-state index in [1.165, 1.54) is 25.3 Å². The lowest BCUT2D eigenvalue weighted by molar-refractivity contribution is -0.302. The minimum absolute atomic E-state index is 0.0000275. The average Bonchev–Trinajstić information content (AvgIpc) is 3.41. The molecule has 21 heteroatoms. The van der Waals surface area contributed by atoms with Gasteiger partial charge in [0.05, 0.1) is 41.2 Å². The summed E-state index contributed by atoms with van der Waals surface area (Å²) in [5, 5.41) is 66.9. The molecule has 20 nitrogen and oxygen atoms in total. The predicted octanol–water partition coefficient (Wildman–Crippen LogP) is -0.963. The molecule has 7 atom stereocenters. The molecule has 0 bridgehead atoms. The van der Waals surface area contributed by atoms with E-state index < -0.39 is 138 Å². The van der Waals surface area contributed by atoms with Crippen LogP contribution in [0.4, 0.5) is 4.79 Å². The molecular weight excluding hydrogens is 780 g/mol. The lowest BCUT2D eigenvalue weighted by Crippen LogP contribution is -2.56. The van der Waals surface area contributed by atoms with Crippen molar-refractivity contribution in [3.05, 3.63) is 51.6 Å². The Morgan fingerprint density at radius 1 is 1.04 bits per heavy atom. The van der Waals surface area contributed by atoms with Crippen molar-refractivity contribution in [2.45, 2.75) is 80.2 Å². The van der Waals surface area contributed by atoms with Gasteiger partial charge in [-0.05, 0) is 12.5 Å². The molecule has 1 unspecified atom stereocenters. The van der Waals surface area contributed by atoms with E-state index in [0.717, 1.165) is 4.90 Å². The van der Waals surface area contributed by atoms with Gasteiger partial charge >= 0.3 is 12.1 Å². The molecule has 6 rings (SSSR count). The van der Waals surface area contributed by atoms with Crippen molar-refractivity contribution in [2.24, 2.45) is 0 Å². The fourth-order valence-corrected chi connectivity index (χ4v) is 7.64. The van der Waals surface area contributed by atoms with Gasteiger partial charge in [0, 0.05) is 55.3 Å². The monoisotopic (exact) mass is 818 g/mol. The van der Waals surface area contributed by atoms with Crippen molar-refractivity contribution in [3.63, 3.8) is 0 Å². The molecule has 0 saturated carbocycles. The number of phenols is 2. The van der Waals surface area contributed by atoms with Crippen LogP contribution in [0.3, 0.4) is 0 Å². The highest BCUT2D eigenvalue weighted by Gasteiger charge is 2.50. The van der Waals surface area contributed by atoms with E-state index in [1.54, 1.807) is 0 Å². The number of hydrogen-bond donors (Lipinski definition) is 8. The summed E-state index contributed by atoms with van der Waals surface area (Å²) >= 11 is 4.02. The number of aliphatic hydroxyl groups is 4. The number of amides is 3. The quantitative estimate of drug-likeness (QED) is 0.0359. The molecule has 2 aliphatic heterocycles. The number of aromatic hydroxyl groups is 2. The van der Waals surface area contributed by atoms with E-state index in [1.807, 2.05) is 0 Å². The highest BCUT2D eigenvalue weighted by molar-refractivity contribution is 7.81. The van der Waals surface area contributed by atoms with Crippen LogP contribution in [0.15, 0.2) is 18.2 Å². The molecule has 2 fully saturated rings. The number of carbonyl (C=O) groups is 7. The first-order valence-corrected chi connectivity index (χ1v) is 18.0. The molecule has 7 N–H and O–H groups in total. The summed E-state index contributed by atoms with van der Waals surface area (Å²) in [5.41, 5.74) is -4.74. The molecule has 4 aliphatic rings. The Morgan fingerprint density at radius 3 is 2.42 bits per heavy atom. The number of likely N-dealkylation sites (tertiary alicyclic amines) is 1. The number of esters is 1. The van der Waals surface area contributed by atoms with Crippen LogP contribution >= 0.6 is 12.6 Å². The number of methoxy groups -OCH3 is 1. The third-order valence-corrected chi connectivity index (χ3v) is 10.6. The number of thiol groups is 1. The number of alkyl carbamates (subject to hydrolysis) is 1. The van der Waals surface area contributed by atoms with Crippen molar-refractivity contribution >= 4 is 53.9 Å². The zero-order valence-electron chi connectivity index (χ0n) is 30.0. The highest BCUT2D eigenvalue weighted by atomic mass is 32.1. The van der Waals surface area contributed by atoms with Crippen molar-refractivity contribution < 1.29 is 87.9 Å². The van der Waals surface area contributed by atoms with E-state index in [0.29, 0.717) is 0 Å². The molecule has 2 aromatic carbocycles. The number of benzene rings is 2. The van der Waals surface area contributed by atoms with Crippen LogP contribution in [0.5, 0.6) is 17.2 Å². The smallest absolute Gasteiger partial charge is 0.410 e. The Labute approximate surface area is 327 Å². The average molecular weight is 819 g/mol. The summed E-state index contributed by atoms with van der Waals surface area (Å²) in [7, 11) is 1.26. The molecule has 57 heavy (non-hydrogen) atoms. The summed E-state index contributed by atoms with van der Waals surface area (Å²) in [6.45, 7) is -2.08. The number of ketones is 3. The third kappa shape index (κ3) is 7.78. The molecular formula is C36H38N2O18S. The number of nitrogens with zero attached hydrogens (tertiary/aromatic N) is 1. The number of rotatable bonds is 12. The number of hydrogen-bond acceptors (Lipinski definition) is 19. The van der Waals surface area contributed by atoms with Gasteiger partial charge in [-0.15, -0.1) is 0 Å². The fraction of sp³-hybridized carbons (Fsp3) is 0.472. The second-order valence-electron chi connectivity index (χ2n) is 13.7. The normalized spacial score (nSPS) is 26.7. The third-order valence-electron chi connectivity index (χ3n) is 10.2. The standard InChI is InChI=1S/C36H38N2O18S/c1-52-17-5-2-4-14-24(17)31(46)27-26(28(14)43)29(44)15-10-36(51,20(40)12-39)11-18(25(15)32(27)47)55-23-8-16(30(45)34(49)56-23)37-35(50)54-13-53-22(42)6-3-7-38-21(41)9-19(57)33(38)48/h2,4-5,16,18-19,23,30,34,39,44-45,47,49,51,57H,3,6-13H2,1H3,(H,37,50)/t16-,18-,19?,23+,30-,34+,36-/m0/s1. The Bertz CT molecular complexity index is 2040. The molecule has 2 aromatic rings. The summed E-state index contributed by atoms with van der Waals surface area (Å²) in [6.07, 6.45) is -10.4. The van der Waals surface area contributed by atoms with Gasteiger partial charge in [0.15, 0.2) is 24.1 Å². The number of phenolic OH excluding ortho intramolecular Hbond substituents is 2. The maximum Gasteiger partial charge on any atom is 0.410 e. The lowest BCUT2D eigenvalue weighted by atomic mass is 9.72. The summed E-state index contributed by atoms with van der Waals surface area (Å²) in [5.74, 6) is -6.30. The van der Waals surface area contributed by atoms with E-state index in [-0.39, 0.29) is 53.8 Å². The van der Waals surface area contributed by atoms with Crippen molar-refractivity contribution in [1.29, 1.82) is 0 Å². The van der Waals surface area contributed by atoms with Gasteiger partial charge in [-0.2, -0.15) is 12.6 Å². The number of nitrogens with one attached hydrogen (secondary N) is 1. The van der Waals surface area contributed by atoms with Gasteiger partial charge in [0.1, 0.15) is 35.6 Å². The molecule has 2 heterocycles. The van der Waals surface area contributed by atoms with Crippen LogP contribution in [-0.4, -0.2) is 139 Å². The zero-order valence-corrected chi connectivity index (χ0v) is 30.9. The van der Waals surface area contributed by atoms with E-state index in [4.69, 9.17) is 23.7 Å². The van der Waals surface area contributed by atoms with E-state index in [9.17, 15) is 64.2 Å². The van der Waals surface area contributed by atoms with E-state index >= 15 is 0 Å². The van der Waals surface area contributed by atoms with Gasteiger partial charge in [-0.3, -0.25) is 33.7 Å². The first-order valence-electron chi connectivity index (χ1n) is 17.5. The maximum absolute atomic E-state index is 13.9. The second-order valence-corrected chi connectivity index (χ2v) is 14.3. The van der Waals surface area contributed by atoms with Gasteiger partial charge in [-0.25, -0.2) is 4.79 Å². The minimum Gasteiger partial charge on any atom is -0.507 e. The minimum atomic E-state index is -2.46. The Morgan fingerprint density at radius 2 is 1.75 bits per heavy atom. The first-order chi connectivity index (χ1) is 27.0. The number of imide groups is 1.